The molecule has 1 aromatic heterocycles. The topological polar surface area (TPSA) is 51.2 Å². The highest BCUT2D eigenvalue weighted by atomic mass is 35.5. The minimum absolute atomic E-state index is 0.0410. The van der Waals surface area contributed by atoms with Gasteiger partial charge in [0.1, 0.15) is 5.15 Å². The van der Waals surface area contributed by atoms with E-state index in [2.05, 4.69) is 17.2 Å². The highest BCUT2D eigenvalue weighted by molar-refractivity contribution is 6.41. The fourth-order valence-electron chi connectivity index (χ4n) is 1.49. The summed E-state index contributed by atoms with van der Waals surface area (Å²) in [6.07, 6.45) is 1.41. The molecule has 6 heteroatoms. The van der Waals surface area contributed by atoms with E-state index >= 15 is 0 Å². The molecule has 92 valence electrons. The number of ether oxygens (including phenoxy) is 1. The normalized spacial score (nSPS) is 17.4. The predicted octanol–water partition coefficient (Wildman–Crippen LogP) is 2.15. The lowest BCUT2D eigenvalue weighted by Crippen LogP contribution is -2.48. The van der Waals surface area contributed by atoms with Crippen LogP contribution in [0.25, 0.3) is 0 Å². The molecule has 1 aromatic rings. The third-order valence-corrected chi connectivity index (χ3v) is 3.32. The largest absolute Gasteiger partial charge is 0.380 e. The van der Waals surface area contributed by atoms with Crippen LogP contribution in [0, 0.1) is 5.41 Å². The van der Waals surface area contributed by atoms with Crippen molar-refractivity contribution in [3.8, 4) is 0 Å². The summed E-state index contributed by atoms with van der Waals surface area (Å²) in [7, 11) is 0. The van der Waals surface area contributed by atoms with E-state index < -0.39 is 0 Å². The molecular formula is C11H12Cl2N2O2. The Morgan fingerprint density at radius 2 is 2.29 bits per heavy atom. The van der Waals surface area contributed by atoms with Crippen LogP contribution in [0.4, 0.5) is 0 Å². The van der Waals surface area contributed by atoms with E-state index in [4.69, 9.17) is 27.9 Å². The fourth-order valence-corrected chi connectivity index (χ4v) is 1.76. The molecule has 0 saturated carbocycles. The highest BCUT2D eigenvalue weighted by Gasteiger charge is 2.33. The molecule has 17 heavy (non-hydrogen) atoms. The molecule has 4 nitrogen and oxygen atoms in total. The van der Waals surface area contributed by atoms with Crippen LogP contribution in [-0.4, -0.2) is 30.6 Å². The molecule has 1 fully saturated rings. The van der Waals surface area contributed by atoms with Crippen molar-refractivity contribution >= 4 is 29.1 Å². The number of nitrogens with zero attached hydrogens (tertiary/aromatic N) is 1. The van der Waals surface area contributed by atoms with Gasteiger partial charge in [-0.25, -0.2) is 4.98 Å². The van der Waals surface area contributed by atoms with Crippen LogP contribution in [-0.2, 0) is 4.74 Å². The van der Waals surface area contributed by atoms with Crippen molar-refractivity contribution in [1.29, 1.82) is 0 Å². The molecule has 1 aliphatic heterocycles. The first-order valence-corrected chi connectivity index (χ1v) is 5.93. The first-order chi connectivity index (χ1) is 8.00. The van der Waals surface area contributed by atoms with Gasteiger partial charge in [0, 0.05) is 18.2 Å². The molecule has 0 spiro atoms. The van der Waals surface area contributed by atoms with Gasteiger partial charge in [-0.15, -0.1) is 0 Å². The Kier molecular flexibility index (Phi) is 3.56. The maximum atomic E-state index is 11.8. The average molecular weight is 275 g/mol. The third-order valence-electron chi connectivity index (χ3n) is 2.64. The Morgan fingerprint density at radius 1 is 1.59 bits per heavy atom. The monoisotopic (exact) mass is 274 g/mol. The quantitative estimate of drug-likeness (QED) is 0.860. The maximum Gasteiger partial charge on any atom is 0.252 e. The van der Waals surface area contributed by atoms with Gasteiger partial charge >= 0.3 is 0 Å². The average Bonchev–Trinajstić information content (AvgIpc) is 2.27. The van der Waals surface area contributed by atoms with E-state index in [9.17, 15) is 4.79 Å². The molecule has 2 rings (SSSR count). The lowest BCUT2D eigenvalue weighted by Gasteiger charge is -2.38. The number of hydrogen-bond donors (Lipinski definition) is 1. The molecule has 0 aromatic carbocycles. The smallest absolute Gasteiger partial charge is 0.252 e. The summed E-state index contributed by atoms with van der Waals surface area (Å²) < 4.78 is 5.11. The highest BCUT2D eigenvalue weighted by Crippen LogP contribution is 2.25. The van der Waals surface area contributed by atoms with Gasteiger partial charge in [-0.05, 0) is 6.07 Å². The third kappa shape index (κ3) is 2.89. The summed E-state index contributed by atoms with van der Waals surface area (Å²) >= 11 is 11.5. The molecule has 1 aliphatic rings. The number of aromatic nitrogens is 1. The number of nitrogens with one attached hydrogen (secondary N) is 1. The van der Waals surface area contributed by atoms with Crippen molar-refractivity contribution in [1.82, 2.24) is 10.3 Å². The molecule has 0 unspecified atom stereocenters. The zero-order valence-corrected chi connectivity index (χ0v) is 10.8. The van der Waals surface area contributed by atoms with Gasteiger partial charge < -0.3 is 10.1 Å². The summed E-state index contributed by atoms with van der Waals surface area (Å²) in [5.41, 5.74) is 0.447. The first kappa shape index (κ1) is 12.6. The lowest BCUT2D eigenvalue weighted by atomic mass is 9.89. The summed E-state index contributed by atoms with van der Waals surface area (Å²) in [4.78, 5) is 15.6. The van der Waals surface area contributed by atoms with Gasteiger partial charge in [0.2, 0.25) is 0 Å². The van der Waals surface area contributed by atoms with Gasteiger partial charge in [-0.3, -0.25) is 4.79 Å². The lowest BCUT2D eigenvalue weighted by molar-refractivity contribution is -0.0978. The SMILES string of the molecule is CC1(CNC(=O)c2cnc(Cl)c(Cl)c2)COC1. The van der Waals surface area contributed by atoms with Crippen LogP contribution in [0.2, 0.25) is 10.2 Å². The van der Waals surface area contributed by atoms with E-state index in [1.54, 1.807) is 0 Å². The minimum atomic E-state index is -0.204. The Balaban J connectivity index is 1.97. The fraction of sp³-hybridized carbons (Fsp3) is 0.455. The van der Waals surface area contributed by atoms with Gasteiger partial charge in [-0.2, -0.15) is 0 Å². The number of rotatable bonds is 3. The summed E-state index contributed by atoms with van der Waals surface area (Å²) in [6, 6.07) is 1.51. The molecular weight excluding hydrogens is 263 g/mol. The number of carbonyl (C=O) groups excluding carboxylic acids is 1. The van der Waals surface area contributed by atoms with E-state index in [0.717, 1.165) is 0 Å². The van der Waals surface area contributed by atoms with Crippen molar-refractivity contribution in [3.05, 3.63) is 28.0 Å². The molecule has 0 atom stereocenters. The summed E-state index contributed by atoms with van der Waals surface area (Å²) in [5.74, 6) is -0.204. The summed E-state index contributed by atoms with van der Waals surface area (Å²) in [5, 5.41) is 3.30. The zero-order valence-electron chi connectivity index (χ0n) is 9.30. The Labute approximate surface area is 109 Å². The number of hydrogen-bond acceptors (Lipinski definition) is 3. The van der Waals surface area contributed by atoms with Gasteiger partial charge in [-0.1, -0.05) is 30.1 Å². The van der Waals surface area contributed by atoms with Crippen molar-refractivity contribution in [2.45, 2.75) is 6.92 Å². The van der Waals surface area contributed by atoms with E-state index in [-0.39, 0.29) is 21.5 Å². The van der Waals surface area contributed by atoms with Crippen molar-refractivity contribution < 1.29 is 9.53 Å². The van der Waals surface area contributed by atoms with Crippen LogP contribution in [0.5, 0.6) is 0 Å². The van der Waals surface area contributed by atoms with E-state index in [1.165, 1.54) is 12.3 Å². The number of amides is 1. The number of pyridine rings is 1. The molecule has 0 radical (unpaired) electrons. The molecule has 2 heterocycles. The number of carbonyl (C=O) groups is 1. The standard InChI is InChI=1S/C11H12Cl2N2O2/c1-11(5-17-6-11)4-15-10(16)7-2-8(12)9(13)14-3-7/h2-3H,4-6H2,1H3,(H,15,16). The van der Waals surface area contributed by atoms with Crippen LogP contribution in [0.15, 0.2) is 12.3 Å². The first-order valence-electron chi connectivity index (χ1n) is 5.17. The van der Waals surface area contributed by atoms with Crippen LogP contribution in [0.3, 0.4) is 0 Å². The van der Waals surface area contributed by atoms with Gasteiger partial charge in [0.25, 0.3) is 5.91 Å². The Bertz CT molecular complexity index is 447. The molecule has 1 N–H and O–H groups in total. The maximum absolute atomic E-state index is 11.8. The molecule has 1 amide bonds. The van der Waals surface area contributed by atoms with Gasteiger partial charge in [0.05, 0.1) is 23.8 Å². The van der Waals surface area contributed by atoms with Crippen molar-refractivity contribution in [2.24, 2.45) is 5.41 Å². The van der Waals surface area contributed by atoms with Crippen molar-refractivity contribution in [2.75, 3.05) is 19.8 Å². The summed E-state index contributed by atoms with van der Waals surface area (Å²) in [6.45, 7) is 3.98. The van der Waals surface area contributed by atoms with E-state index in [0.29, 0.717) is 25.3 Å². The number of halogens is 2. The van der Waals surface area contributed by atoms with Crippen molar-refractivity contribution in [3.63, 3.8) is 0 Å². The predicted molar refractivity (Wildman–Crippen MR) is 65.5 cm³/mol. The molecule has 0 bridgehead atoms. The van der Waals surface area contributed by atoms with E-state index in [1.807, 2.05) is 0 Å². The molecule has 0 aliphatic carbocycles. The minimum Gasteiger partial charge on any atom is -0.380 e. The van der Waals surface area contributed by atoms with Crippen LogP contribution in [0.1, 0.15) is 17.3 Å². The second-order valence-electron chi connectivity index (χ2n) is 4.48. The zero-order chi connectivity index (χ0) is 12.5. The Morgan fingerprint density at radius 3 is 2.82 bits per heavy atom. The van der Waals surface area contributed by atoms with Gasteiger partial charge in [0.15, 0.2) is 0 Å². The second-order valence-corrected chi connectivity index (χ2v) is 5.25. The Hall–Kier alpha value is -0.840. The second kappa shape index (κ2) is 4.80. The van der Waals surface area contributed by atoms with Crippen LogP contribution >= 0.6 is 23.2 Å². The molecule has 1 saturated heterocycles. The van der Waals surface area contributed by atoms with Crippen LogP contribution < -0.4 is 5.32 Å².